The molecule has 0 spiro atoms. The van der Waals surface area contributed by atoms with Crippen molar-refractivity contribution in [3.8, 4) is 11.5 Å². The molecule has 2 amide bonds. The standard InChI is InChI=1S/C27H39N2.C18H15NO4.ClH.Ru/c1-18(2)22-11-9-12-23(19(3)4)26(22)28-15-16-29(17-28)27-24(20(5)6)13-10-14-25(27)21(7)8;1-11-5-4-6-15-16(11)23-12(2)17(20)19(15)18(21)13-7-9-14(22-3)10-8-13;;/h9-14,17-21H,15-16H2,1-8H3;1,4-10,12H,2-3H3;1H;. The van der Waals surface area contributed by atoms with Crippen molar-refractivity contribution in [3.63, 3.8) is 0 Å². The van der Waals surface area contributed by atoms with Crippen molar-refractivity contribution in [2.24, 2.45) is 0 Å². The Hall–Kier alpha value is -4.00. The van der Waals surface area contributed by atoms with Crippen molar-refractivity contribution in [1.82, 2.24) is 0 Å². The number of fused-ring (bicyclic) bond motifs is 1. The third kappa shape index (κ3) is 7.88. The number of methoxy groups -OCH3 is 1. The maximum absolute atomic E-state index is 13.9. The van der Waals surface area contributed by atoms with Crippen LogP contribution in [0.1, 0.15) is 124 Å². The molecule has 2 heterocycles. The van der Waals surface area contributed by atoms with Gasteiger partial charge < -0.3 is 0 Å². The zero-order valence-corrected chi connectivity index (χ0v) is 35.8. The van der Waals surface area contributed by atoms with Gasteiger partial charge in [0, 0.05) is 0 Å². The summed E-state index contributed by atoms with van der Waals surface area (Å²) in [4.78, 5) is 34.2. The van der Waals surface area contributed by atoms with E-state index in [4.69, 9.17) is 9.47 Å². The van der Waals surface area contributed by atoms with Crippen molar-refractivity contribution in [3.05, 3.63) is 112 Å². The summed E-state index contributed by atoms with van der Waals surface area (Å²) in [6, 6.07) is 26.3. The van der Waals surface area contributed by atoms with Crippen LogP contribution in [0.2, 0.25) is 0 Å². The van der Waals surface area contributed by atoms with Crippen LogP contribution in [0.25, 0.3) is 0 Å². The number of para-hydroxylation sites is 3. The fourth-order valence-corrected chi connectivity index (χ4v) is 9.97. The number of halogens is 1. The van der Waals surface area contributed by atoms with Gasteiger partial charge in [-0.2, -0.15) is 0 Å². The minimum atomic E-state index is -0.812. The molecule has 2 aliphatic rings. The van der Waals surface area contributed by atoms with E-state index in [0.29, 0.717) is 46.4 Å². The van der Waals surface area contributed by atoms with Gasteiger partial charge in [0.05, 0.1) is 0 Å². The number of imide groups is 1. The number of carbonyl (C=O) groups is 2. The zero-order chi connectivity index (χ0) is 38.1. The van der Waals surface area contributed by atoms with Gasteiger partial charge in [-0.25, -0.2) is 0 Å². The van der Waals surface area contributed by atoms with E-state index in [1.807, 2.05) is 12.1 Å². The SMILES string of the molecule is COc1ccc(C(=O)N2C(=O)C(C)Oc3c(/[CH]=[Ru]/[CH]4N(c5c(C(C)C)cccc5C(C)C)CCN4c4c(C(C)C)cccc4C(C)C)cccc32)cc1.Cl. The van der Waals surface area contributed by atoms with Gasteiger partial charge >= 0.3 is 325 Å². The summed E-state index contributed by atoms with van der Waals surface area (Å²) in [5.41, 5.74) is 10.0. The topological polar surface area (TPSA) is 62.3 Å². The van der Waals surface area contributed by atoms with E-state index in [-0.39, 0.29) is 29.0 Å². The molecule has 7 nitrogen and oxygen atoms in total. The monoisotopic (exact) mass is 838 g/mol. The number of amides is 2. The quantitative estimate of drug-likeness (QED) is 0.117. The predicted octanol–water partition coefficient (Wildman–Crippen LogP) is 10.1. The van der Waals surface area contributed by atoms with Crippen LogP contribution in [0.4, 0.5) is 17.1 Å². The minimum absolute atomic E-state index is 0. The largest absolute Gasteiger partial charge is 0.147 e. The molecule has 1 unspecified atom stereocenters. The molecule has 0 bridgehead atoms. The van der Waals surface area contributed by atoms with Crippen molar-refractivity contribution in [1.29, 1.82) is 0 Å². The molecule has 1 fully saturated rings. The van der Waals surface area contributed by atoms with Crippen molar-refractivity contribution >= 4 is 45.9 Å². The van der Waals surface area contributed by atoms with Crippen molar-refractivity contribution in [2.75, 3.05) is 34.9 Å². The summed E-state index contributed by atoms with van der Waals surface area (Å²) < 4.78 is 14.1. The van der Waals surface area contributed by atoms with Gasteiger partial charge in [0.15, 0.2) is 0 Å². The van der Waals surface area contributed by atoms with Crippen LogP contribution in [-0.2, 0) is 21.5 Å². The molecule has 2 aliphatic heterocycles. The average Bonchev–Trinajstić information content (AvgIpc) is 3.56. The molecule has 9 heteroatoms. The summed E-state index contributed by atoms with van der Waals surface area (Å²) in [5, 5.41) is 0. The minimum Gasteiger partial charge on any atom is -0.147 e. The summed E-state index contributed by atoms with van der Waals surface area (Å²) >= 11 is -0.445. The van der Waals surface area contributed by atoms with E-state index in [2.05, 4.69) is 112 Å². The first-order valence-electron chi connectivity index (χ1n) is 18.9. The molecule has 4 aromatic carbocycles. The molecule has 1 atom stereocenters. The van der Waals surface area contributed by atoms with Gasteiger partial charge in [0.1, 0.15) is 0 Å². The van der Waals surface area contributed by atoms with Crippen LogP contribution < -0.4 is 24.2 Å². The Bertz CT molecular complexity index is 1880. The van der Waals surface area contributed by atoms with Crippen LogP contribution in [0.3, 0.4) is 0 Å². The first-order chi connectivity index (χ1) is 25.3. The molecule has 0 radical (unpaired) electrons. The molecule has 6 rings (SSSR count). The van der Waals surface area contributed by atoms with Crippen LogP contribution in [0.5, 0.6) is 11.5 Å². The average molecular weight is 838 g/mol. The van der Waals surface area contributed by atoms with Crippen LogP contribution in [0.15, 0.2) is 78.9 Å². The van der Waals surface area contributed by atoms with Crippen molar-refractivity contribution < 1.29 is 35.7 Å². The zero-order valence-electron chi connectivity index (χ0n) is 33.2. The maximum Gasteiger partial charge on any atom is -0.147 e. The molecule has 4 aromatic rings. The summed E-state index contributed by atoms with van der Waals surface area (Å²) in [6.07, 6.45) is -0.812. The fraction of sp³-hybridized carbons (Fsp3) is 0.400. The normalized spacial score (nSPS) is 16.3. The van der Waals surface area contributed by atoms with Crippen LogP contribution in [-0.4, -0.2) is 47.5 Å². The number of carbonyl (C=O) groups excluding carboxylic acids is 2. The van der Waals surface area contributed by atoms with E-state index in [9.17, 15) is 9.59 Å². The third-order valence-corrected chi connectivity index (χ3v) is 12.7. The van der Waals surface area contributed by atoms with E-state index >= 15 is 0 Å². The summed E-state index contributed by atoms with van der Waals surface area (Å²) in [7, 11) is 1.59. The van der Waals surface area contributed by atoms with Gasteiger partial charge in [-0.05, 0) is 0 Å². The molecule has 1 saturated heterocycles. The Morgan fingerprint density at radius 1 is 0.741 bits per heavy atom. The van der Waals surface area contributed by atoms with Gasteiger partial charge in [-0.15, -0.1) is 12.4 Å². The number of hydrogen-bond acceptors (Lipinski definition) is 6. The van der Waals surface area contributed by atoms with Gasteiger partial charge in [-0.3, -0.25) is 0 Å². The first-order valence-corrected chi connectivity index (χ1v) is 20.9. The molecule has 0 aliphatic carbocycles. The Morgan fingerprint density at radius 3 is 1.65 bits per heavy atom. The van der Waals surface area contributed by atoms with Crippen LogP contribution in [0, 0.1) is 0 Å². The third-order valence-electron chi connectivity index (χ3n) is 10.3. The number of ether oxygens (including phenoxy) is 2. The Balaban J connectivity index is 0.00000561. The van der Waals surface area contributed by atoms with Gasteiger partial charge in [0.2, 0.25) is 0 Å². The summed E-state index contributed by atoms with van der Waals surface area (Å²) in [6.45, 7) is 21.9. The van der Waals surface area contributed by atoms with E-state index in [0.717, 1.165) is 18.7 Å². The second-order valence-electron chi connectivity index (χ2n) is 15.3. The molecule has 0 saturated carbocycles. The van der Waals surface area contributed by atoms with E-state index in [1.54, 1.807) is 38.3 Å². The summed E-state index contributed by atoms with van der Waals surface area (Å²) in [5.74, 6) is 1.94. The Morgan fingerprint density at radius 2 is 1.20 bits per heavy atom. The second-order valence-corrected chi connectivity index (χ2v) is 17.2. The number of rotatable bonds is 10. The molecular weight excluding hydrogens is 783 g/mol. The second kappa shape index (κ2) is 17.2. The van der Waals surface area contributed by atoms with Gasteiger partial charge in [0.25, 0.3) is 0 Å². The number of nitrogens with zero attached hydrogens (tertiary/aromatic N) is 3. The molecular formula is C45H55ClN3O4Ru. The first kappa shape index (κ1) is 41.2. The fourth-order valence-electron chi connectivity index (χ4n) is 7.48. The molecule has 289 valence electrons. The molecule has 0 aromatic heterocycles. The Labute approximate surface area is 335 Å². The van der Waals surface area contributed by atoms with E-state index in [1.165, 1.54) is 38.5 Å². The molecule has 0 N–H and O–H groups in total. The Kier molecular flexibility index (Phi) is 13.1. The van der Waals surface area contributed by atoms with Crippen molar-refractivity contribution in [2.45, 2.75) is 96.8 Å². The number of hydrogen-bond donors (Lipinski definition) is 0. The molecule has 54 heavy (non-hydrogen) atoms. The van der Waals surface area contributed by atoms with Gasteiger partial charge in [-0.1, -0.05) is 0 Å². The number of anilines is 3. The smallest absolute Gasteiger partial charge is 0.147 e. The maximum atomic E-state index is 13.9. The van der Waals surface area contributed by atoms with Crippen LogP contribution >= 0.6 is 12.4 Å². The predicted molar refractivity (Wildman–Crippen MR) is 221 cm³/mol. The van der Waals surface area contributed by atoms with E-state index < -0.39 is 22.8 Å². The number of benzene rings is 4.